The van der Waals surface area contributed by atoms with E-state index in [0.717, 1.165) is 12.1 Å². The summed E-state index contributed by atoms with van der Waals surface area (Å²) in [5.41, 5.74) is 3.30. The topological polar surface area (TPSA) is 63.3 Å². The molecule has 1 rings (SSSR count). The van der Waals surface area contributed by atoms with Crippen LogP contribution >= 0.6 is 11.8 Å². The fourth-order valence-corrected chi connectivity index (χ4v) is 1.55. The summed E-state index contributed by atoms with van der Waals surface area (Å²) < 4.78 is 25.4. The second kappa shape index (κ2) is 4.28. The molecule has 1 unspecified atom stereocenters. The van der Waals surface area contributed by atoms with Crippen LogP contribution in [0.25, 0.3) is 0 Å². The van der Waals surface area contributed by atoms with Crippen LogP contribution in [0.5, 0.6) is 0 Å². The van der Waals surface area contributed by atoms with Crippen LogP contribution in [0, 0.1) is 5.82 Å². The Morgan fingerprint density at radius 1 is 1.50 bits per heavy atom. The molecule has 0 saturated heterocycles. The van der Waals surface area contributed by atoms with Crippen molar-refractivity contribution in [1.29, 1.82) is 0 Å². The first-order valence-electron chi connectivity index (χ1n) is 3.58. The summed E-state index contributed by atoms with van der Waals surface area (Å²) in [6.45, 7) is 0. The number of carboxylic acid groups (broad SMARTS) is 1. The molecule has 1 aromatic rings. The number of thioether (sulfide) groups is 1. The van der Waals surface area contributed by atoms with Gasteiger partial charge in [0, 0.05) is 10.6 Å². The average Bonchev–Trinajstić information content (AvgIpc) is 2.01. The van der Waals surface area contributed by atoms with Gasteiger partial charge in [0.2, 0.25) is 5.50 Å². The SMILES string of the molecule is Nc1cc(F)cc(SC(F)C(=O)O)c1. The van der Waals surface area contributed by atoms with Crippen molar-refractivity contribution in [2.75, 3.05) is 5.73 Å². The van der Waals surface area contributed by atoms with Gasteiger partial charge in [-0.3, -0.25) is 0 Å². The number of alkyl halides is 1. The Morgan fingerprint density at radius 2 is 2.14 bits per heavy atom. The van der Waals surface area contributed by atoms with Crippen molar-refractivity contribution in [3.8, 4) is 0 Å². The second-order valence-corrected chi connectivity index (χ2v) is 3.61. The first-order valence-corrected chi connectivity index (χ1v) is 4.46. The lowest BCUT2D eigenvalue weighted by atomic mass is 10.3. The van der Waals surface area contributed by atoms with E-state index in [-0.39, 0.29) is 10.6 Å². The Kier molecular flexibility index (Phi) is 3.29. The normalized spacial score (nSPS) is 12.4. The fourth-order valence-electron chi connectivity index (χ4n) is 0.822. The predicted molar refractivity (Wildman–Crippen MR) is 49.2 cm³/mol. The summed E-state index contributed by atoms with van der Waals surface area (Å²) in [5, 5.41) is 8.26. The first-order chi connectivity index (χ1) is 6.49. The average molecular weight is 219 g/mol. The van der Waals surface area contributed by atoms with E-state index in [9.17, 15) is 13.6 Å². The van der Waals surface area contributed by atoms with Crippen molar-refractivity contribution in [2.24, 2.45) is 0 Å². The number of aliphatic carboxylic acids is 1. The van der Waals surface area contributed by atoms with Gasteiger partial charge in [0.1, 0.15) is 5.82 Å². The minimum absolute atomic E-state index is 0.130. The number of hydrogen-bond acceptors (Lipinski definition) is 3. The number of nitrogen functional groups attached to an aromatic ring is 1. The van der Waals surface area contributed by atoms with Gasteiger partial charge in [0.25, 0.3) is 0 Å². The van der Waals surface area contributed by atoms with Crippen LogP contribution in [0.2, 0.25) is 0 Å². The molecule has 0 spiro atoms. The predicted octanol–water partition coefficient (Wildman–Crippen LogP) is 1.88. The molecule has 0 aliphatic heterocycles. The van der Waals surface area contributed by atoms with Crippen LogP contribution in [-0.2, 0) is 4.79 Å². The van der Waals surface area contributed by atoms with Gasteiger partial charge in [0.15, 0.2) is 0 Å². The Bertz CT molecular complexity index is 339. The van der Waals surface area contributed by atoms with E-state index in [0.29, 0.717) is 11.8 Å². The molecule has 0 fully saturated rings. The molecule has 0 aromatic heterocycles. The van der Waals surface area contributed by atoms with Gasteiger partial charge >= 0.3 is 5.97 Å². The minimum atomic E-state index is -2.11. The highest BCUT2D eigenvalue weighted by Crippen LogP contribution is 2.26. The van der Waals surface area contributed by atoms with Crippen LogP contribution in [0.15, 0.2) is 23.1 Å². The Labute approximate surface area is 82.9 Å². The van der Waals surface area contributed by atoms with Gasteiger partial charge in [-0.15, -0.1) is 0 Å². The Balaban J connectivity index is 2.81. The Hall–Kier alpha value is -1.30. The quantitative estimate of drug-likeness (QED) is 0.601. The lowest BCUT2D eigenvalue weighted by molar-refractivity contribution is -0.139. The monoisotopic (exact) mass is 219 g/mol. The summed E-state index contributed by atoms with van der Waals surface area (Å²) in [4.78, 5) is 10.3. The number of halogens is 2. The van der Waals surface area contributed by atoms with Crippen molar-refractivity contribution >= 4 is 23.4 Å². The van der Waals surface area contributed by atoms with E-state index in [1.807, 2.05) is 0 Å². The first kappa shape index (κ1) is 10.8. The number of carboxylic acids is 1. The third-order valence-corrected chi connectivity index (χ3v) is 2.24. The van der Waals surface area contributed by atoms with Crippen molar-refractivity contribution in [3.63, 3.8) is 0 Å². The molecule has 0 radical (unpaired) electrons. The summed E-state index contributed by atoms with van der Waals surface area (Å²) in [6.07, 6.45) is 0. The summed E-state index contributed by atoms with van der Waals surface area (Å²) in [7, 11) is 0. The highest BCUT2D eigenvalue weighted by atomic mass is 32.2. The number of hydrogen-bond donors (Lipinski definition) is 2. The molecule has 14 heavy (non-hydrogen) atoms. The standard InChI is InChI=1S/C8H7F2NO2S/c9-4-1-5(11)3-6(2-4)14-7(10)8(12)13/h1-3,7H,11H2,(H,12,13). The molecule has 0 heterocycles. The number of benzene rings is 1. The van der Waals surface area contributed by atoms with E-state index in [1.54, 1.807) is 0 Å². The minimum Gasteiger partial charge on any atom is -0.478 e. The largest absolute Gasteiger partial charge is 0.478 e. The van der Waals surface area contributed by atoms with Crippen LogP contribution in [0.1, 0.15) is 0 Å². The molecule has 0 saturated carbocycles. The molecule has 3 N–H and O–H groups in total. The van der Waals surface area contributed by atoms with E-state index < -0.39 is 17.3 Å². The zero-order valence-corrected chi connectivity index (χ0v) is 7.72. The van der Waals surface area contributed by atoms with E-state index in [2.05, 4.69) is 0 Å². The smallest absolute Gasteiger partial charge is 0.349 e. The zero-order valence-electron chi connectivity index (χ0n) is 6.91. The molecule has 6 heteroatoms. The van der Waals surface area contributed by atoms with Gasteiger partial charge in [0.05, 0.1) is 0 Å². The van der Waals surface area contributed by atoms with Gasteiger partial charge in [-0.05, 0) is 18.2 Å². The third-order valence-electron chi connectivity index (χ3n) is 1.33. The van der Waals surface area contributed by atoms with Crippen LogP contribution in [0.4, 0.5) is 14.5 Å². The molecular weight excluding hydrogens is 212 g/mol. The van der Waals surface area contributed by atoms with Gasteiger partial charge in [-0.25, -0.2) is 13.6 Å². The number of anilines is 1. The zero-order chi connectivity index (χ0) is 10.7. The maximum absolute atomic E-state index is 12.7. The lowest BCUT2D eigenvalue weighted by Gasteiger charge is -2.04. The molecule has 0 aliphatic rings. The van der Waals surface area contributed by atoms with E-state index in [1.165, 1.54) is 6.07 Å². The molecule has 1 aromatic carbocycles. The van der Waals surface area contributed by atoms with Crippen molar-refractivity contribution in [3.05, 3.63) is 24.0 Å². The third kappa shape index (κ3) is 2.88. The fraction of sp³-hybridized carbons (Fsp3) is 0.125. The summed E-state index contributed by atoms with van der Waals surface area (Å²) >= 11 is 0.394. The molecule has 1 atom stereocenters. The number of rotatable bonds is 3. The summed E-state index contributed by atoms with van der Waals surface area (Å²) in [6, 6.07) is 3.40. The van der Waals surface area contributed by atoms with Crippen LogP contribution < -0.4 is 5.73 Å². The van der Waals surface area contributed by atoms with Crippen LogP contribution in [-0.4, -0.2) is 16.6 Å². The lowest BCUT2D eigenvalue weighted by Crippen LogP contribution is -2.09. The van der Waals surface area contributed by atoms with E-state index in [4.69, 9.17) is 10.8 Å². The van der Waals surface area contributed by atoms with Crippen molar-refractivity contribution in [2.45, 2.75) is 10.4 Å². The number of carbonyl (C=O) groups is 1. The van der Waals surface area contributed by atoms with E-state index >= 15 is 0 Å². The second-order valence-electron chi connectivity index (χ2n) is 2.49. The maximum atomic E-state index is 12.7. The Morgan fingerprint density at radius 3 is 2.64 bits per heavy atom. The molecule has 76 valence electrons. The maximum Gasteiger partial charge on any atom is 0.349 e. The number of nitrogens with two attached hydrogens (primary N) is 1. The molecule has 0 amide bonds. The summed E-state index contributed by atoms with van der Waals surface area (Å²) in [5.74, 6) is -2.22. The van der Waals surface area contributed by atoms with Gasteiger partial charge in [-0.1, -0.05) is 11.8 Å². The molecular formula is C8H7F2NO2S. The molecule has 0 bridgehead atoms. The van der Waals surface area contributed by atoms with Crippen molar-refractivity contribution < 1.29 is 18.7 Å². The highest BCUT2D eigenvalue weighted by Gasteiger charge is 2.17. The van der Waals surface area contributed by atoms with Crippen LogP contribution in [0.3, 0.4) is 0 Å². The highest BCUT2D eigenvalue weighted by molar-refractivity contribution is 8.00. The van der Waals surface area contributed by atoms with Gasteiger partial charge < -0.3 is 10.8 Å². The molecule has 0 aliphatic carbocycles. The van der Waals surface area contributed by atoms with Gasteiger partial charge in [-0.2, -0.15) is 0 Å². The van der Waals surface area contributed by atoms with Crippen molar-refractivity contribution in [1.82, 2.24) is 0 Å². The molecule has 3 nitrogen and oxygen atoms in total.